The van der Waals surface area contributed by atoms with Gasteiger partial charge in [-0.3, -0.25) is 4.79 Å². The lowest BCUT2D eigenvalue weighted by atomic mass is 10.2. The summed E-state index contributed by atoms with van der Waals surface area (Å²) in [4.78, 5) is 20.6. The average Bonchev–Trinajstić information content (AvgIpc) is 3.01. The number of amides is 1. The Bertz CT molecular complexity index is 849. The van der Waals surface area contributed by atoms with Crippen molar-refractivity contribution in [2.24, 2.45) is 0 Å². The molecule has 0 saturated carbocycles. The van der Waals surface area contributed by atoms with Crippen LogP contribution in [0, 0.1) is 6.92 Å². The van der Waals surface area contributed by atoms with Crippen molar-refractivity contribution in [3.63, 3.8) is 0 Å². The normalized spacial score (nSPS) is 10.4. The van der Waals surface area contributed by atoms with Crippen LogP contribution in [0.2, 0.25) is 0 Å². The summed E-state index contributed by atoms with van der Waals surface area (Å²) in [5.41, 5.74) is 0.391. The van der Waals surface area contributed by atoms with Crippen LogP contribution in [0.5, 0.6) is 5.75 Å². The van der Waals surface area contributed by atoms with Crippen LogP contribution >= 0.6 is 15.9 Å². The highest BCUT2D eigenvalue weighted by Gasteiger charge is 2.14. The topological polar surface area (TPSA) is 90.1 Å². The number of benzene rings is 1. The van der Waals surface area contributed by atoms with Gasteiger partial charge in [-0.25, -0.2) is 4.98 Å². The summed E-state index contributed by atoms with van der Waals surface area (Å²) in [6, 6.07) is 10.4. The Labute approximate surface area is 146 Å². The van der Waals surface area contributed by atoms with Crippen LogP contribution in [0.3, 0.4) is 0 Å². The van der Waals surface area contributed by atoms with Gasteiger partial charge in [-0.2, -0.15) is 4.98 Å². The Hall–Kier alpha value is -2.74. The molecule has 0 saturated heterocycles. The molecule has 0 aliphatic carbocycles. The second-order valence-corrected chi connectivity index (χ2v) is 5.75. The minimum absolute atomic E-state index is 0.109. The maximum Gasteiger partial charge on any atom is 0.260 e. The largest absolute Gasteiger partial charge is 0.485 e. The van der Waals surface area contributed by atoms with Crippen LogP contribution in [0.15, 0.2) is 51.6 Å². The molecule has 2 aromatic heterocycles. The molecule has 8 heteroatoms. The van der Waals surface area contributed by atoms with E-state index in [4.69, 9.17) is 9.26 Å². The standard InChI is InChI=1S/C16H13BrN4O3/c1-10-19-15(21-24-10)9-23-13-5-3-2-4-12(13)16(22)20-14-7-6-11(17)8-18-14/h2-8H,9H2,1H3,(H,18,20,22). The molecule has 1 amide bonds. The molecular weight excluding hydrogens is 376 g/mol. The number of hydrogen-bond donors (Lipinski definition) is 1. The lowest BCUT2D eigenvalue weighted by Crippen LogP contribution is -2.14. The SMILES string of the molecule is Cc1nc(COc2ccccc2C(=O)Nc2ccc(Br)cn2)no1. The van der Waals surface area contributed by atoms with E-state index in [1.807, 2.05) is 0 Å². The van der Waals surface area contributed by atoms with Gasteiger partial charge in [-0.1, -0.05) is 17.3 Å². The fourth-order valence-corrected chi connectivity index (χ4v) is 2.19. The lowest BCUT2D eigenvalue weighted by Gasteiger charge is -2.10. The molecule has 24 heavy (non-hydrogen) atoms. The summed E-state index contributed by atoms with van der Waals surface area (Å²) >= 11 is 3.30. The predicted octanol–water partition coefficient (Wildman–Crippen LogP) is 3.37. The minimum Gasteiger partial charge on any atom is -0.485 e. The maximum absolute atomic E-state index is 12.4. The van der Waals surface area contributed by atoms with Gasteiger partial charge in [-0.05, 0) is 40.2 Å². The Morgan fingerprint density at radius 3 is 2.83 bits per heavy atom. The van der Waals surface area contributed by atoms with Gasteiger partial charge in [0.2, 0.25) is 11.7 Å². The van der Waals surface area contributed by atoms with Crippen molar-refractivity contribution in [3.05, 3.63) is 64.3 Å². The number of aryl methyl sites for hydroxylation is 1. The van der Waals surface area contributed by atoms with Gasteiger partial charge >= 0.3 is 0 Å². The number of pyridine rings is 1. The first-order valence-electron chi connectivity index (χ1n) is 7.06. The molecule has 0 aliphatic rings. The van der Waals surface area contributed by atoms with Crippen LogP contribution in [-0.4, -0.2) is 21.0 Å². The molecule has 122 valence electrons. The summed E-state index contributed by atoms with van der Waals surface area (Å²) in [7, 11) is 0. The van der Waals surface area contributed by atoms with Crippen LogP contribution in [-0.2, 0) is 6.61 Å². The van der Waals surface area contributed by atoms with E-state index in [1.54, 1.807) is 49.5 Å². The molecular formula is C16H13BrN4O3. The van der Waals surface area contributed by atoms with Gasteiger partial charge in [0.1, 0.15) is 11.6 Å². The smallest absolute Gasteiger partial charge is 0.260 e. The van der Waals surface area contributed by atoms with Gasteiger partial charge < -0.3 is 14.6 Å². The Morgan fingerprint density at radius 2 is 2.12 bits per heavy atom. The second kappa shape index (κ2) is 7.22. The van der Waals surface area contributed by atoms with Crippen molar-refractivity contribution in [1.82, 2.24) is 15.1 Å². The Kier molecular flexibility index (Phi) is 4.85. The molecule has 3 rings (SSSR count). The number of nitrogens with zero attached hydrogens (tertiary/aromatic N) is 3. The van der Waals surface area contributed by atoms with E-state index in [0.717, 1.165) is 4.47 Å². The highest BCUT2D eigenvalue weighted by molar-refractivity contribution is 9.10. The van der Waals surface area contributed by atoms with Crippen molar-refractivity contribution in [1.29, 1.82) is 0 Å². The van der Waals surface area contributed by atoms with E-state index < -0.39 is 0 Å². The van der Waals surface area contributed by atoms with E-state index in [1.165, 1.54) is 0 Å². The van der Waals surface area contributed by atoms with E-state index >= 15 is 0 Å². The average molecular weight is 389 g/mol. The molecule has 0 bridgehead atoms. The molecule has 7 nitrogen and oxygen atoms in total. The number of ether oxygens (including phenoxy) is 1. The third-order valence-corrected chi connectivity index (χ3v) is 3.50. The van der Waals surface area contributed by atoms with E-state index in [-0.39, 0.29) is 12.5 Å². The highest BCUT2D eigenvalue weighted by atomic mass is 79.9. The molecule has 0 radical (unpaired) electrons. The lowest BCUT2D eigenvalue weighted by molar-refractivity contribution is 0.102. The highest BCUT2D eigenvalue weighted by Crippen LogP contribution is 2.20. The molecule has 1 N–H and O–H groups in total. The molecule has 2 heterocycles. The molecule has 1 aromatic carbocycles. The molecule has 3 aromatic rings. The van der Waals surface area contributed by atoms with Crippen molar-refractivity contribution in [3.8, 4) is 5.75 Å². The molecule has 0 aliphatic heterocycles. The third kappa shape index (κ3) is 3.96. The summed E-state index contributed by atoms with van der Waals surface area (Å²) < 4.78 is 11.4. The van der Waals surface area contributed by atoms with Crippen molar-refractivity contribution < 1.29 is 14.1 Å². The first-order valence-corrected chi connectivity index (χ1v) is 7.85. The fraction of sp³-hybridized carbons (Fsp3) is 0.125. The number of carbonyl (C=O) groups is 1. The molecule has 0 atom stereocenters. The minimum atomic E-state index is -0.315. The van der Waals surface area contributed by atoms with Crippen LogP contribution in [0.25, 0.3) is 0 Å². The summed E-state index contributed by atoms with van der Waals surface area (Å²) in [6.07, 6.45) is 1.61. The maximum atomic E-state index is 12.4. The number of carbonyl (C=O) groups excluding carboxylic acids is 1. The molecule has 0 spiro atoms. The monoisotopic (exact) mass is 388 g/mol. The zero-order chi connectivity index (χ0) is 16.9. The summed E-state index contributed by atoms with van der Waals surface area (Å²) in [5, 5.41) is 6.48. The van der Waals surface area contributed by atoms with E-state index in [2.05, 4.69) is 36.4 Å². The molecule has 0 fully saturated rings. The third-order valence-electron chi connectivity index (χ3n) is 3.03. The zero-order valence-corrected chi connectivity index (χ0v) is 14.3. The van der Waals surface area contributed by atoms with Crippen LogP contribution in [0.4, 0.5) is 5.82 Å². The first kappa shape index (κ1) is 16.1. The summed E-state index contributed by atoms with van der Waals surface area (Å²) in [6.45, 7) is 1.81. The zero-order valence-electron chi connectivity index (χ0n) is 12.7. The number of aromatic nitrogens is 3. The molecule has 0 unspecified atom stereocenters. The number of para-hydroxylation sites is 1. The first-order chi connectivity index (χ1) is 11.6. The predicted molar refractivity (Wildman–Crippen MR) is 89.7 cm³/mol. The van der Waals surface area contributed by atoms with Crippen LogP contribution < -0.4 is 10.1 Å². The number of nitrogens with one attached hydrogen (secondary N) is 1. The Balaban J connectivity index is 1.72. The van der Waals surface area contributed by atoms with Crippen molar-refractivity contribution in [2.75, 3.05) is 5.32 Å². The van der Waals surface area contributed by atoms with E-state index in [9.17, 15) is 4.79 Å². The van der Waals surface area contributed by atoms with E-state index in [0.29, 0.717) is 28.8 Å². The van der Waals surface area contributed by atoms with Gasteiger partial charge in [0, 0.05) is 17.6 Å². The van der Waals surface area contributed by atoms with Gasteiger partial charge in [0.25, 0.3) is 5.91 Å². The number of rotatable bonds is 5. The number of anilines is 1. The van der Waals surface area contributed by atoms with Crippen molar-refractivity contribution >= 4 is 27.7 Å². The Morgan fingerprint density at radius 1 is 1.29 bits per heavy atom. The van der Waals surface area contributed by atoms with Gasteiger partial charge in [0.05, 0.1) is 5.56 Å². The number of hydrogen-bond acceptors (Lipinski definition) is 6. The summed E-state index contributed by atoms with van der Waals surface area (Å²) in [5.74, 6) is 1.43. The van der Waals surface area contributed by atoms with Gasteiger partial charge in [-0.15, -0.1) is 0 Å². The fourth-order valence-electron chi connectivity index (χ4n) is 1.96. The van der Waals surface area contributed by atoms with Gasteiger partial charge in [0.15, 0.2) is 6.61 Å². The van der Waals surface area contributed by atoms with Crippen LogP contribution in [0.1, 0.15) is 22.1 Å². The van der Waals surface area contributed by atoms with Crippen molar-refractivity contribution in [2.45, 2.75) is 13.5 Å². The second-order valence-electron chi connectivity index (χ2n) is 4.83. The quantitative estimate of drug-likeness (QED) is 0.720. The number of halogens is 1.